The smallest absolute Gasteiger partial charge is 0.308 e. The van der Waals surface area contributed by atoms with Crippen LogP contribution in [0.4, 0.5) is 0 Å². The number of likely N-dealkylation sites (tertiary alicyclic amines) is 1. The summed E-state index contributed by atoms with van der Waals surface area (Å²) in [6, 6.07) is 18.0. The SMILES string of the molecule is CC(=O)Oc1ccc2c(c1)[C@]13CCCC[C@H]1[C@H](C2)N(CCc1ccccc1)CC3. The molecule has 0 spiro atoms. The highest BCUT2D eigenvalue weighted by molar-refractivity contribution is 5.69. The highest BCUT2D eigenvalue weighted by Crippen LogP contribution is 2.56. The van der Waals surface area contributed by atoms with E-state index in [2.05, 4.69) is 47.4 Å². The molecule has 0 amide bonds. The van der Waals surface area contributed by atoms with Gasteiger partial charge in [-0.2, -0.15) is 0 Å². The average Bonchev–Trinajstić information content (AvgIpc) is 2.74. The molecule has 0 unspecified atom stereocenters. The van der Waals surface area contributed by atoms with E-state index in [1.807, 2.05) is 6.07 Å². The molecule has 2 bridgehead atoms. The molecule has 3 atom stereocenters. The maximum absolute atomic E-state index is 11.5. The van der Waals surface area contributed by atoms with Crippen molar-refractivity contribution < 1.29 is 9.53 Å². The van der Waals surface area contributed by atoms with Crippen molar-refractivity contribution in [1.29, 1.82) is 0 Å². The Kier molecular flexibility index (Phi) is 4.95. The van der Waals surface area contributed by atoms with Crippen molar-refractivity contribution in [1.82, 2.24) is 4.90 Å². The lowest BCUT2D eigenvalue weighted by Gasteiger charge is -2.59. The van der Waals surface area contributed by atoms with Crippen LogP contribution in [0.2, 0.25) is 0 Å². The van der Waals surface area contributed by atoms with Gasteiger partial charge in [0.15, 0.2) is 0 Å². The second-order valence-corrected chi connectivity index (χ2v) is 9.21. The largest absolute Gasteiger partial charge is 0.427 e. The fourth-order valence-electron chi connectivity index (χ4n) is 6.49. The number of hydrogen-bond donors (Lipinski definition) is 0. The predicted octanol–water partition coefficient (Wildman–Crippen LogP) is 4.91. The maximum Gasteiger partial charge on any atom is 0.308 e. The second kappa shape index (κ2) is 7.60. The molecule has 2 aromatic rings. The lowest BCUT2D eigenvalue weighted by Crippen LogP contribution is -2.61. The van der Waals surface area contributed by atoms with Gasteiger partial charge in [0.1, 0.15) is 5.75 Å². The molecule has 0 radical (unpaired) electrons. The number of benzene rings is 2. The standard InChI is InChI=1S/C26H31NO2/c1-19(28)29-22-11-10-21-17-25-23-9-5-6-13-26(23,24(21)18-22)14-16-27(25)15-12-20-7-3-2-4-8-20/h2-4,7-8,10-11,18,23,25H,5-6,9,12-17H2,1H3/t23-,25-,26-/m0/s1. The Bertz CT molecular complexity index is 893. The summed E-state index contributed by atoms with van der Waals surface area (Å²) in [4.78, 5) is 14.3. The van der Waals surface area contributed by atoms with Gasteiger partial charge in [-0.05, 0) is 73.4 Å². The predicted molar refractivity (Wildman–Crippen MR) is 115 cm³/mol. The lowest BCUT2D eigenvalue weighted by molar-refractivity contribution is -0.131. The molecule has 1 saturated carbocycles. The summed E-state index contributed by atoms with van der Waals surface area (Å²) in [5.41, 5.74) is 4.69. The summed E-state index contributed by atoms with van der Waals surface area (Å²) in [5.74, 6) is 1.23. The van der Waals surface area contributed by atoms with Crippen LogP contribution in [0, 0.1) is 5.92 Å². The van der Waals surface area contributed by atoms with Crippen LogP contribution >= 0.6 is 0 Å². The summed E-state index contributed by atoms with van der Waals surface area (Å²) in [5, 5.41) is 0. The minimum Gasteiger partial charge on any atom is -0.427 e. The van der Waals surface area contributed by atoms with Crippen molar-refractivity contribution in [2.24, 2.45) is 5.92 Å². The summed E-state index contributed by atoms with van der Waals surface area (Å²) >= 11 is 0. The van der Waals surface area contributed by atoms with E-state index in [1.54, 1.807) is 0 Å². The molecular formula is C26H31NO2. The Hall–Kier alpha value is -2.13. The molecule has 1 aliphatic heterocycles. The third kappa shape index (κ3) is 3.40. The fourth-order valence-corrected chi connectivity index (χ4v) is 6.49. The summed E-state index contributed by atoms with van der Waals surface area (Å²) in [6.07, 6.45) is 8.81. The molecule has 2 aromatic carbocycles. The maximum atomic E-state index is 11.5. The normalized spacial score (nSPS) is 28.3. The number of ether oxygens (including phenoxy) is 1. The van der Waals surface area contributed by atoms with Gasteiger partial charge < -0.3 is 4.74 Å². The van der Waals surface area contributed by atoms with Crippen molar-refractivity contribution in [3.63, 3.8) is 0 Å². The fraction of sp³-hybridized carbons (Fsp3) is 0.500. The Morgan fingerprint density at radius 2 is 2.00 bits per heavy atom. The van der Waals surface area contributed by atoms with Gasteiger partial charge in [0, 0.05) is 24.9 Å². The molecule has 0 N–H and O–H groups in total. The zero-order valence-corrected chi connectivity index (χ0v) is 17.4. The van der Waals surface area contributed by atoms with Crippen molar-refractivity contribution in [3.05, 3.63) is 65.2 Å². The molecule has 3 aliphatic rings. The van der Waals surface area contributed by atoms with E-state index >= 15 is 0 Å². The molecular weight excluding hydrogens is 358 g/mol. The number of carbonyl (C=O) groups is 1. The van der Waals surface area contributed by atoms with Gasteiger partial charge in [0.05, 0.1) is 0 Å². The van der Waals surface area contributed by atoms with E-state index in [9.17, 15) is 4.79 Å². The quantitative estimate of drug-likeness (QED) is 0.549. The third-order valence-corrected chi connectivity index (χ3v) is 7.72. The first kappa shape index (κ1) is 18.9. The Morgan fingerprint density at radius 3 is 2.83 bits per heavy atom. The second-order valence-electron chi connectivity index (χ2n) is 9.21. The van der Waals surface area contributed by atoms with Gasteiger partial charge in [0.25, 0.3) is 0 Å². The van der Waals surface area contributed by atoms with Crippen molar-refractivity contribution in [2.45, 2.75) is 63.3 Å². The molecule has 152 valence electrons. The van der Waals surface area contributed by atoms with Crippen LogP contribution in [-0.4, -0.2) is 30.0 Å². The van der Waals surface area contributed by atoms with Crippen molar-refractivity contribution in [2.75, 3.05) is 13.1 Å². The van der Waals surface area contributed by atoms with Crippen LogP contribution in [-0.2, 0) is 23.1 Å². The number of piperidine rings is 1. The van der Waals surface area contributed by atoms with Crippen LogP contribution < -0.4 is 4.74 Å². The molecule has 1 saturated heterocycles. The molecule has 0 aromatic heterocycles. The summed E-state index contributed by atoms with van der Waals surface area (Å²) < 4.78 is 5.45. The highest BCUT2D eigenvalue weighted by atomic mass is 16.5. The number of nitrogens with zero attached hydrogens (tertiary/aromatic N) is 1. The molecule has 3 nitrogen and oxygen atoms in total. The highest BCUT2D eigenvalue weighted by Gasteiger charge is 2.53. The number of hydrogen-bond acceptors (Lipinski definition) is 3. The van der Waals surface area contributed by atoms with Crippen molar-refractivity contribution >= 4 is 5.97 Å². The van der Waals surface area contributed by atoms with Gasteiger partial charge in [-0.3, -0.25) is 9.69 Å². The first-order chi connectivity index (χ1) is 14.2. The van der Waals surface area contributed by atoms with E-state index in [0.29, 0.717) is 6.04 Å². The number of rotatable bonds is 4. The Balaban J connectivity index is 1.44. The summed E-state index contributed by atoms with van der Waals surface area (Å²) in [6.45, 7) is 3.83. The van der Waals surface area contributed by atoms with Crippen LogP contribution in [0.1, 0.15) is 55.7 Å². The lowest BCUT2D eigenvalue weighted by atomic mass is 9.52. The minimum atomic E-state index is -0.230. The molecule has 2 aliphatic carbocycles. The zero-order valence-electron chi connectivity index (χ0n) is 17.4. The van der Waals surface area contributed by atoms with Gasteiger partial charge in [-0.25, -0.2) is 0 Å². The Labute approximate surface area is 174 Å². The van der Waals surface area contributed by atoms with Crippen LogP contribution in [0.25, 0.3) is 0 Å². The van der Waals surface area contributed by atoms with Crippen molar-refractivity contribution in [3.8, 4) is 5.75 Å². The number of carbonyl (C=O) groups excluding carboxylic acids is 1. The van der Waals surface area contributed by atoms with Gasteiger partial charge in [-0.1, -0.05) is 49.2 Å². The molecule has 5 rings (SSSR count). The molecule has 2 fully saturated rings. The monoisotopic (exact) mass is 389 g/mol. The van der Waals surface area contributed by atoms with Crippen LogP contribution in [0.3, 0.4) is 0 Å². The number of esters is 1. The molecule has 3 heteroatoms. The third-order valence-electron chi connectivity index (χ3n) is 7.72. The molecule has 1 heterocycles. The average molecular weight is 390 g/mol. The first-order valence-electron chi connectivity index (χ1n) is 11.3. The van der Waals surface area contributed by atoms with Crippen LogP contribution in [0.15, 0.2) is 48.5 Å². The van der Waals surface area contributed by atoms with E-state index in [4.69, 9.17) is 4.74 Å². The number of fused-ring (bicyclic) bond motifs is 1. The first-order valence-corrected chi connectivity index (χ1v) is 11.3. The summed E-state index contributed by atoms with van der Waals surface area (Å²) in [7, 11) is 0. The van der Waals surface area contributed by atoms with Crippen LogP contribution in [0.5, 0.6) is 5.75 Å². The van der Waals surface area contributed by atoms with Gasteiger partial charge >= 0.3 is 5.97 Å². The van der Waals surface area contributed by atoms with E-state index in [-0.39, 0.29) is 11.4 Å². The minimum absolute atomic E-state index is 0.230. The Morgan fingerprint density at radius 1 is 1.14 bits per heavy atom. The zero-order chi connectivity index (χ0) is 19.8. The van der Waals surface area contributed by atoms with Gasteiger partial charge in [0.2, 0.25) is 0 Å². The van der Waals surface area contributed by atoms with Gasteiger partial charge in [-0.15, -0.1) is 0 Å². The van der Waals surface area contributed by atoms with E-state index in [0.717, 1.165) is 31.1 Å². The van der Waals surface area contributed by atoms with E-state index < -0.39 is 0 Å². The molecule has 29 heavy (non-hydrogen) atoms. The topological polar surface area (TPSA) is 29.5 Å². The van der Waals surface area contributed by atoms with E-state index in [1.165, 1.54) is 62.3 Å².